The summed E-state index contributed by atoms with van der Waals surface area (Å²) >= 11 is 5.13. The monoisotopic (exact) mass is 286 g/mol. The molecule has 0 radical (unpaired) electrons. The zero-order valence-electron chi connectivity index (χ0n) is 8.27. The minimum Gasteiger partial charge on any atom is -0.396 e. The van der Waals surface area contributed by atoms with E-state index in [-0.39, 0.29) is 6.61 Å². The summed E-state index contributed by atoms with van der Waals surface area (Å²) in [5.74, 6) is 0.896. The molecule has 3 nitrogen and oxygen atoms in total. The quantitative estimate of drug-likeness (QED) is 0.941. The average molecular weight is 287 g/mol. The van der Waals surface area contributed by atoms with Crippen molar-refractivity contribution in [2.45, 2.75) is 6.42 Å². The van der Waals surface area contributed by atoms with Crippen LogP contribution in [0.2, 0.25) is 0 Å². The molecule has 0 atom stereocenters. The Morgan fingerprint density at radius 3 is 3.00 bits per heavy atom. The Hall–Kier alpha value is -0.650. The number of nitrogens with zero attached hydrogens (tertiary/aromatic N) is 2. The molecule has 0 aliphatic carbocycles. The highest BCUT2D eigenvalue weighted by atomic mass is 79.9. The van der Waals surface area contributed by atoms with Gasteiger partial charge in [0, 0.05) is 13.5 Å². The van der Waals surface area contributed by atoms with Crippen LogP contribution in [0.5, 0.6) is 0 Å². The molecule has 0 saturated carbocycles. The molecule has 1 N–H and O–H groups in total. The van der Waals surface area contributed by atoms with Crippen LogP contribution in [-0.2, 0) is 13.5 Å². The maximum atomic E-state index is 8.91. The molecule has 15 heavy (non-hydrogen) atoms. The second-order valence-electron chi connectivity index (χ2n) is 3.18. The minimum absolute atomic E-state index is 0.126. The number of halogens is 1. The molecule has 2 heterocycles. The maximum absolute atomic E-state index is 8.91. The fraction of sp³-hybridized carbons (Fsp3) is 0.300. The lowest BCUT2D eigenvalue weighted by Gasteiger charge is -2.02. The fourth-order valence-electron chi connectivity index (χ4n) is 1.51. The molecule has 0 unspecified atom stereocenters. The van der Waals surface area contributed by atoms with Crippen LogP contribution < -0.4 is 0 Å². The van der Waals surface area contributed by atoms with Crippen molar-refractivity contribution in [1.29, 1.82) is 0 Å². The third-order valence-electron chi connectivity index (χ3n) is 2.24. The van der Waals surface area contributed by atoms with Crippen LogP contribution in [0.4, 0.5) is 0 Å². The van der Waals surface area contributed by atoms with Crippen molar-refractivity contribution in [2.75, 3.05) is 6.61 Å². The van der Waals surface area contributed by atoms with Crippen LogP contribution >= 0.6 is 27.3 Å². The van der Waals surface area contributed by atoms with Crippen LogP contribution in [0.3, 0.4) is 0 Å². The third-order valence-corrected chi connectivity index (χ3v) is 3.66. The summed E-state index contributed by atoms with van der Waals surface area (Å²) in [5, 5.41) is 11.0. The third kappa shape index (κ3) is 2.00. The van der Waals surface area contributed by atoms with Crippen molar-refractivity contribution in [2.24, 2.45) is 7.05 Å². The highest BCUT2D eigenvalue weighted by Gasteiger charge is 2.14. The average Bonchev–Trinajstić information content (AvgIpc) is 2.77. The Morgan fingerprint density at radius 2 is 2.40 bits per heavy atom. The van der Waals surface area contributed by atoms with Gasteiger partial charge >= 0.3 is 0 Å². The van der Waals surface area contributed by atoms with Crippen molar-refractivity contribution in [3.05, 3.63) is 27.9 Å². The number of hydrogen-bond donors (Lipinski definition) is 1. The highest BCUT2D eigenvalue weighted by Crippen LogP contribution is 2.31. The van der Waals surface area contributed by atoms with Crippen molar-refractivity contribution in [3.8, 4) is 10.6 Å². The van der Waals surface area contributed by atoms with Gasteiger partial charge in [-0.2, -0.15) is 0 Å². The second kappa shape index (κ2) is 4.47. The molecule has 0 aliphatic heterocycles. The summed E-state index contributed by atoms with van der Waals surface area (Å²) in [6.45, 7) is 0.126. The molecular formula is C10H11BrN2OS. The first-order valence-electron chi connectivity index (χ1n) is 4.60. The van der Waals surface area contributed by atoms with Crippen LogP contribution in [0.25, 0.3) is 10.6 Å². The molecule has 2 aromatic heterocycles. The smallest absolute Gasteiger partial charge is 0.133 e. The van der Waals surface area contributed by atoms with E-state index in [4.69, 9.17) is 5.11 Å². The number of imidazole rings is 1. The van der Waals surface area contributed by atoms with Gasteiger partial charge in [-0.25, -0.2) is 4.98 Å². The highest BCUT2D eigenvalue weighted by molar-refractivity contribution is 9.10. The van der Waals surface area contributed by atoms with E-state index >= 15 is 0 Å². The molecular weight excluding hydrogens is 276 g/mol. The molecule has 0 bridgehead atoms. The summed E-state index contributed by atoms with van der Waals surface area (Å²) < 4.78 is 2.86. The fourth-order valence-corrected chi connectivity index (χ4v) is 3.13. The van der Waals surface area contributed by atoms with Gasteiger partial charge in [-0.15, -0.1) is 11.3 Å². The largest absolute Gasteiger partial charge is 0.396 e. The van der Waals surface area contributed by atoms with Gasteiger partial charge in [-0.05, 0) is 27.4 Å². The van der Waals surface area contributed by atoms with Crippen molar-refractivity contribution in [3.63, 3.8) is 0 Å². The van der Waals surface area contributed by atoms with E-state index in [1.165, 1.54) is 4.88 Å². The van der Waals surface area contributed by atoms with Gasteiger partial charge in [-0.3, -0.25) is 0 Å². The first-order valence-corrected chi connectivity index (χ1v) is 6.27. The van der Waals surface area contributed by atoms with Gasteiger partial charge in [0.1, 0.15) is 10.4 Å². The van der Waals surface area contributed by atoms with Gasteiger partial charge in [0.2, 0.25) is 0 Å². The Morgan fingerprint density at radius 1 is 1.60 bits per heavy atom. The van der Waals surface area contributed by atoms with Gasteiger partial charge in [0.05, 0.1) is 17.2 Å². The van der Waals surface area contributed by atoms with E-state index in [1.807, 2.05) is 23.1 Å². The zero-order valence-corrected chi connectivity index (χ0v) is 10.7. The number of aliphatic hydroxyl groups excluding tert-OH is 1. The maximum Gasteiger partial charge on any atom is 0.133 e. The second-order valence-corrected chi connectivity index (χ2v) is 4.88. The van der Waals surface area contributed by atoms with E-state index in [2.05, 4.69) is 27.0 Å². The van der Waals surface area contributed by atoms with Gasteiger partial charge < -0.3 is 9.67 Å². The first kappa shape index (κ1) is 10.9. The normalized spacial score (nSPS) is 10.9. The predicted molar refractivity (Wildman–Crippen MR) is 65.0 cm³/mol. The summed E-state index contributed by atoms with van der Waals surface area (Å²) in [6.07, 6.45) is 0.584. The van der Waals surface area contributed by atoms with E-state index < -0.39 is 0 Å². The van der Waals surface area contributed by atoms with Crippen LogP contribution in [0, 0.1) is 0 Å². The summed E-state index contributed by atoms with van der Waals surface area (Å²) in [5.41, 5.74) is 1.08. The van der Waals surface area contributed by atoms with Crippen molar-refractivity contribution < 1.29 is 5.11 Å². The molecule has 0 fully saturated rings. The van der Waals surface area contributed by atoms with Crippen LogP contribution in [0.1, 0.15) is 5.82 Å². The van der Waals surface area contributed by atoms with Crippen molar-refractivity contribution in [1.82, 2.24) is 9.55 Å². The molecule has 0 saturated heterocycles. The zero-order chi connectivity index (χ0) is 10.8. The molecule has 0 aromatic carbocycles. The van der Waals surface area contributed by atoms with Crippen LogP contribution in [0.15, 0.2) is 22.1 Å². The molecule has 5 heteroatoms. The summed E-state index contributed by atoms with van der Waals surface area (Å²) in [7, 11) is 1.97. The summed E-state index contributed by atoms with van der Waals surface area (Å²) in [6, 6.07) is 4.08. The number of hydrogen-bond acceptors (Lipinski definition) is 3. The number of rotatable bonds is 3. The first-order chi connectivity index (χ1) is 7.24. The van der Waals surface area contributed by atoms with Crippen LogP contribution in [-0.4, -0.2) is 21.3 Å². The number of aromatic nitrogens is 2. The Kier molecular flexibility index (Phi) is 3.23. The Labute approximate surface area is 101 Å². The van der Waals surface area contributed by atoms with E-state index in [0.717, 1.165) is 16.1 Å². The SMILES string of the molecule is Cn1c(CCO)nc(Br)c1-c1cccs1. The molecule has 2 aromatic rings. The molecule has 0 spiro atoms. The van der Waals surface area contributed by atoms with E-state index in [1.54, 1.807) is 11.3 Å². The van der Waals surface area contributed by atoms with Gasteiger partial charge in [-0.1, -0.05) is 6.07 Å². The van der Waals surface area contributed by atoms with E-state index in [0.29, 0.717) is 6.42 Å². The lowest BCUT2D eigenvalue weighted by Crippen LogP contribution is -2.01. The molecule has 80 valence electrons. The Bertz CT molecular complexity index is 450. The Balaban J connectivity index is 2.48. The minimum atomic E-state index is 0.126. The van der Waals surface area contributed by atoms with Crippen molar-refractivity contribution >= 4 is 27.3 Å². The molecule has 0 aliphatic rings. The van der Waals surface area contributed by atoms with E-state index in [9.17, 15) is 0 Å². The molecule has 0 amide bonds. The van der Waals surface area contributed by atoms with Gasteiger partial charge in [0.15, 0.2) is 0 Å². The topological polar surface area (TPSA) is 38.0 Å². The lowest BCUT2D eigenvalue weighted by molar-refractivity contribution is 0.295. The number of aliphatic hydroxyl groups is 1. The predicted octanol–water partition coefficient (Wildman–Crippen LogP) is 2.45. The standard InChI is InChI=1S/C10H11BrN2OS/c1-13-8(4-5-14)12-10(11)9(13)7-3-2-6-15-7/h2-3,6,14H,4-5H2,1H3. The lowest BCUT2D eigenvalue weighted by atomic mass is 10.3. The molecule has 2 rings (SSSR count). The number of thiophene rings is 1. The van der Waals surface area contributed by atoms with Gasteiger partial charge in [0.25, 0.3) is 0 Å². The summed E-state index contributed by atoms with van der Waals surface area (Å²) in [4.78, 5) is 5.56.